The minimum absolute atomic E-state index is 0.264. The summed E-state index contributed by atoms with van der Waals surface area (Å²) in [6.07, 6.45) is 0. The van der Waals surface area contributed by atoms with E-state index in [9.17, 15) is 4.79 Å². The zero-order valence-corrected chi connectivity index (χ0v) is 17.1. The Kier molecular flexibility index (Phi) is 5.18. The highest BCUT2D eigenvalue weighted by atomic mass is 32.1. The van der Waals surface area contributed by atoms with E-state index >= 15 is 0 Å². The van der Waals surface area contributed by atoms with Gasteiger partial charge in [-0.25, -0.2) is 9.50 Å². The van der Waals surface area contributed by atoms with E-state index in [-0.39, 0.29) is 5.91 Å². The van der Waals surface area contributed by atoms with Gasteiger partial charge in [0.15, 0.2) is 17.1 Å². The van der Waals surface area contributed by atoms with Gasteiger partial charge < -0.3 is 14.8 Å². The molecule has 0 aliphatic heterocycles. The molecular weight excluding hydrogens is 388 g/mol. The number of carbonyl (C=O) groups is 1. The van der Waals surface area contributed by atoms with E-state index in [2.05, 4.69) is 15.4 Å². The van der Waals surface area contributed by atoms with Gasteiger partial charge in [0, 0.05) is 23.9 Å². The van der Waals surface area contributed by atoms with Crippen LogP contribution in [0, 0.1) is 6.92 Å². The first-order chi connectivity index (χ1) is 14.1. The summed E-state index contributed by atoms with van der Waals surface area (Å²) in [5, 5.41) is 9.50. The minimum Gasteiger partial charge on any atom is -0.493 e. The number of benzene rings is 1. The molecule has 0 unspecified atom stereocenters. The highest BCUT2D eigenvalue weighted by Crippen LogP contribution is 2.30. The lowest BCUT2D eigenvalue weighted by Gasteiger charge is -2.13. The van der Waals surface area contributed by atoms with Crippen molar-refractivity contribution in [3.63, 3.8) is 0 Å². The maximum atomic E-state index is 12.7. The van der Waals surface area contributed by atoms with Gasteiger partial charge in [-0.15, -0.1) is 11.3 Å². The summed E-state index contributed by atoms with van der Waals surface area (Å²) >= 11 is 1.61. The van der Waals surface area contributed by atoms with Crippen LogP contribution in [0.25, 0.3) is 16.2 Å². The van der Waals surface area contributed by atoms with Crippen LogP contribution in [0.3, 0.4) is 0 Å². The quantitative estimate of drug-likeness (QED) is 0.526. The van der Waals surface area contributed by atoms with Gasteiger partial charge in [-0.2, -0.15) is 5.10 Å². The molecule has 1 aromatic carbocycles. The number of nitrogens with zero attached hydrogens (tertiary/aromatic N) is 3. The molecule has 0 bridgehead atoms. The standard InChI is InChI=1S/C21H20N4O3S/c1-13-10-16(23-19-11-15(24-25(13)19)18-8-5-9-29-18)21(26)22-12-14-6-4-7-17(27-2)20(14)28-3/h4-11H,12H2,1-3H3,(H,22,26). The van der Waals surface area contributed by atoms with E-state index in [1.165, 1.54) is 0 Å². The Labute approximate surface area is 171 Å². The molecular formula is C21H20N4O3S. The van der Waals surface area contributed by atoms with E-state index in [0.717, 1.165) is 21.8 Å². The molecule has 0 fully saturated rings. The molecule has 4 aromatic rings. The number of ether oxygens (including phenoxy) is 2. The first-order valence-corrected chi connectivity index (χ1v) is 9.88. The summed E-state index contributed by atoms with van der Waals surface area (Å²) in [6.45, 7) is 2.20. The Balaban J connectivity index is 1.58. The van der Waals surface area contributed by atoms with Gasteiger partial charge in [-0.1, -0.05) is 18.2 Å². The molecule has 0 spiro atoms. The number of fused-ring (bicyclic) bond motifs is 1. The normalized spacial score (nSPS) is 10.9. The summed E-state index contributed by atoms with van der Waals surface area (Å²) in [7, 11) is 3.16. The summed E-state index contributed by atoms with van der Waals surface area (Å²) in [5.41, 5.74) is 3.48. The van der Waals surface area contributed by atoms with Crippen molar-refractivity contribution in [3.8, 4) is 22.1 Å². The Morgan fingerprint density at radius 1 is 1.17 bits per heavy atom. The summed E-state index contributed by atoms with van der Waals surface area (Å²) in [5.74, 6) is 0.959. The van der Waals surface area contributed by atoms with E-state index < -0.39 is 0 Å². The molecule has 0 atom stereocenters. The summed E-state index contributed by atoms with van der Waals surface area (Å²) < 4.78 is 12.5. The summed E-state index contributed by atoms with van der Waals surface area (Å²) in [4.78, 5) is 18.3. The number of carbonyl (C=O) groups excluding carboxylic acids is 1. The van der Waals surface area contributed by atoms with Gasteiger partial charge in [-0.05, 0) is 30.5 Å². The largest absolute Gasteiger partial charge is 0.493 e. The maximum absolute atomic E-state index is 12.7. The minimum atomic E-state index is -0.264. The van der Waals surface area contributed by atoms with Crippen molar-refractivity contribution in [2.75, 3.05) is 14.2 Å². The maximum Gasteiger partial charge on any atom is 0.270 e. The van der Waals surface area contributed by atoms with Crippen LogP contribution in [0.1, 0.15) is 21.7 Å². The fourth-order valence-corrected chi connectivity index (χ4v) is 3.83. The zero-order chi connectivity index (χ0) is 20.4. The number of methoxy groups -OCH3 is 2. The predicted octanol–water partition coefficient (Wildman–Crippen LogP) is 3.71. The smallest absolute Gasteiger partial charge is 0.270 e. The van der Waals surface area contributed by atoms with Gasteiger partial charge in [0.1, 0.15) is 11.4 Å². The van der Waals surface area contributed by atoms with E-state index in [4.69, 9.17) is 9.47 Å². The molecule has 8 heteroatoms. The highest BCUT2D eigenvalue weighted by Gasteiger charge is 2.15. The molecule has 3 aromatic heterocycles. The number of aryl methyl sites for hydroxylation is 1. The van der Waals surface area contributed by atoms with Gasteiger partial charge in [0.05, 0.1) is 19.1 Å². The molecule has 148 valence electrons. The van der Waals surface area contributed by atoms with Crippen molar-refractivity contribution in [2.45, 2.75) is 13.5 Å². The second-order valence-corrected chi connectivity index (χ2v) is 7.34. The van der Waals surface area contributed by atoms with Crippen molar-refractivity contribution < 1.29 is 14.3 Å². The molecule has 7 nitrogen and oxygen atoms in total. The number of thiophene rings is 1. The molecule has 1 N–H and O–H groups in total. The third-order valence-corrected chi connectivity index (χ3v) is 5.43. The Morgan fingerprint density at radius 2 is 2.03 bits per heavy atom. The Hall–Kier alpha value is -3.39. The van der Waals surface area contributed by atoms with Crippen LogP contribution >= 0.6 is 11.3 Å². The van der Waals surface area contributed by atoms with Crippen LogP contribution in [-0.4, -0.2) is 34.7 Å². The molecule has 3 heterocycles. The predicted molar refractivity (Wildman–Crippen MR) is 112 cm³/mol. The van der Waals surface area contributed by atoms with Crippen molar-refractivity contribution in [2.24, 2.45) is 0 Å². The Morgan fingerprint density at radius 3 is 2.76 bits per heavy atom. The monoisotopic (exact) mass is 408 g/mol. The third kappa shape index (κ3) is 3.66. The number of rotatable bonds is 6. The van der Waals surface area contributed by atoms with Gasteiger partial charge in [0.25, 0.3) is 5.91 Å². The molecule has 0 saturated heterocycles. The molecule has 0 aliphatic carbocycles. The topological polar surface area (TPSA) is 77.8 Å². The molecule has 1 amide bonds. The lowest BCUT2D eigenvalue weighted by atomic mass is 10.2. The molecule has 0 saturated carbocycles. The number of para-hydroxylation sites is 1. The fourth-order valence-electron chi connectivity index (χ4n) is 3.15. The highest BCUT2D eigenvalue weighted by molar-refractivity contribution is 7.13. The van der Waals surface area contributed by atoms with Crippen LogP contribution < -0.4 is 14.8 Å². The lowest BCUT2D eigenvalue weighted by Crippen LogP contribution is -2.24. The molecule has 0 radical (unpaired) electrons. The number of amides is 1. The zero-order valence-electron chi connectivity index (χ0n) is 16.3. The lowest BCUT2D eigenvalue weighted by molar-refractivity contribution is 0.0945. The van der Waals surface area contributed by atoms with Crippen molar-refractivity contribution in [1.29, 1.82) is 0 Å². The first kappa shape index (κ1) is 18.9. The molecule has 29 heavy (non-hydrogen) atoms. The van der Waals surface area contributed by atoms with Crippen LogP contribution in [0.2, 0.25) is 0 Å². The van der Waals surface area contributed by atoms with Crippen LogP contribution in [-0.2, 0) is 6.54 Å². The molecule has 4 rings (SSSR count). The van der Waals surface area contributed by atoms with Crippen molar-refractivity contribution in [1.82, 2.24) is 19.9 Å². The fraction of sp³-hybridized carbons (Fsp3) is 0.190. The van der Waals surface area contributed by atoms with Gasteiger partial charge >= 0.3 is 0 Å². The second kappa shape index (κ2) is 7.92. The van der Waals surface area contributed by atoms with Crippen molar-refractivity contribution in [3.05, 3.63) is 64.8 Å². The summed E-state index contributed by atoms with van der Waals surface area (Å²) in [6, 6.07) is 13.2. The third-order valence-electron chi connectivity index (χ3n) is 4.54. The number of aromatic nitrogens is 3. The van der Waals surface area contributed by atoms with Gasteiger partial charge in [0.2, 0.25) is 0 Å². The Bertz CT molecular complexity index is 1170. The van der Waals surface area contributed by atoms with Crippen LogP contribution in [0.5, 0.6) is 11.5 Å². The van der Waals surface area contributed by atoms with E-state index in [1.807, 2.05) is 48.7 Å². The van der Waals surface area contributed by atoms with E-state index in [0.29, 0.717) is 29.4 Å². The average molecular weight is 408 g/mol. The number of hydrogen-bond acceptors (Lipinski definition) is 6. The second-order valence-electron chi connectivity index (χ2n) is 6.39. The molecule has 0 aliphatic rings. The van der Waals surface area contributed by atoms with Gasteiger partial charge in [-0.3, -0.25) is 4.79 Å². The average Bonchev–Trinajstić information content (AvgIpc) is 3.41. The number of nitrogens with one attached hydrogen (secondary N) is 1. The van der Waals surface area contributed by atoms with Crippen LogP contribution in [0.4, 0.5) is 0 Å². The van der Waals surface area contributed by atoms with Crippen molar-refractivity contribution >= 4 is 22.9 Å². The van der Waals surface area contributed by atoms with Crippen LogP contribution in [0.15, 0.2) is 47.8 Å². The SMILES string of the molecule is COc1cccc(CNC(=O)c2cc(C)n3nc(-c4cccs4)cc3n2)c1OC. The number of hydrogen-bond donors (Lipinski definition) is 1. The first-order valence-electron chi connectivity index (χ1n) is 9.00. The van der Waals surface area contributed by atoms with E-state index in [1.54, 1.807) is 36.1 Å².